The number of hydrogen-bond acceptors (Lipinski definition) is 4. The quantitative estimate of drug-likeness (QED) is 0.582. The van der Waals surface area contributed by atoms with E-state index >= 15 is 0 Å². The number of rotatable bonds is 2. The summed E-state index contributed by atoms with van der Waals surface area (Å²) in [6, 6.07) is 1.68. The van der Waals surface area contributed by atoms with Crippen LogP contribution >= 0.6 is 0 Å². The van der Waals surface area contributed by atoms with Gasteiger partial charge in [-0.2, -0.15) is 0 Å². The average molecular weight is 152 g/mol. The third-order valence-electron chi connectivity index (χ3n) is 1.37. The molecule has 1 rings (SSSR count). The number of nitrogens with two attached hydrogens (primary N) is 2. The standard InChI is InChI=1S/C7H12N4/c1-2-10-7-6(9)5(8)3-4-11-7/h3-4H,2,9H2,1H3,(H3,8,10,11). The second-order valence-corrected chi connectivity index (χ2v) is 2.19. The van der Waals surface area contributed by atoms with E-state index in [1.165, 1.54) is 0 Å². The Bertz CT molecular complexity index is 246. The molecular weight excluding hydrogens is 140 g/mol. The summed E-state index contributed by atoms with van der Waals surface area (Å²) in [5.74, 6) is 0.660. The van der Waals surface area contributed by atoms with Gasteiger partial charge in [-0.15, -0.1) is 0 Å². The molecule has 0 aromatic carbocycles. The monoisotopic (exact) mass is 152 g/mol. The van der Waals surface area contributed by atoms with Crippen LogP contribution in [0.5, 0.6) is 0 Å². The van der Waals surface area contributed by atoms with Crippen LogP contribution in [0.1, 0.15) is 6.92 Å². The van der Waals surface area contributed by atoms with Gasteiger partial charge in [-0.3, -0.25) is 0 Å². The maximum Gasteiger partial charge on any atom is 0.151 e. The Labute approximate surface area is 65.6 Å². The number of hydrogen-bond donors (Lipinski definition) is 3. The van der Waals surface area contributed by atoms with Crippen molar-refractivity contribution in [3.05, 3.63) is 12.3 Å². The predicted octanol–water partition coefficient (Wildman–Crippen LogP) is 0.678. The first-order chi connectivity index (χ1) is 5.25. The van der Waals surface area contributed by atoms with E-state index in [9.17, 15) is 0 Å². The summed E-state index contributed by atoms with van der Waals surface area (Å²) >= 11 is 0. The lowest BCUT2D eigenvalue weighted by atomic mass is 10.3. The SMILES string of the molecule is CCNc1nccc(N)c1N. The van der Waals surface area contributed by atoms with Crippen LogP contribution in [-0.2, 0) is 0 Å². The molecule has 0 radical (unpaired) electrons. The van der Waals surface area contributed by atoms with Gasteiger partial charge in [0.2, 0.25) is 0 Å². The zero-order valence-electron chi connectivity index (χ0n) is 6.46. The molecule has 0 aliphatic rings. The Kier molecular flexibility index (Phi) is 2.15. The Hall–Kier alpha value is -1.45. The van der Waals surface area contributed by atoms with Crippen molar-refractivity contribution in [2.24, 2.45) is 0 Å². The molecule has 0 saturated heterocycles. The minimum absolute atomic E-state index is 0.523. The number of aromatic nitrogens is 1. The van der Waals surface area contributed by atoms with Crippen LogP contribution in [0.25, 0.3) is 0 Å². The van der Waals surface area contributed by atoms with Gasteiger partial charge in [0.05, 0.1) is 11.4 Å². The average Bonchev–Trinajstić information content (AvgIpc) is 1.99. The highest BCUT2D eigenvalue weighted by Crippen LogP contribution is 2.20. The molecule has 4 heteroatoms. The second-order valence-electron chi connectivity index (χ2n) is 2.19. The van der Waals surface area contributed by atoms with Crippen molar-refractivity contribution in [3.63, 3.8) is 0 Å². The zero-order valence-corrected chi connectivity index (χ0v) is 6.46. The molecule has 0 atom stereocenters. The van der Waals surface area contributed by atoms with Crippen LogP contribution in [0, 0.1) is 0 Å². The topological polar surface area (TPSA) is 77.0 Å². The predicted molar refractivity (Wildman–Crippen MR) is 47.2 cm³/mol. The maximum atomic E-state index is 5.62. The van der Waals surface area contributed by atoms with Crippen molar-refractivity contribution < 1.29 is 0 Å². The highest BCUT2D eigenvalue weighted by atomic mass is 15.0. The Morgan fingerprint density at radius 2 is 2.27 bits per heavy atom. The fraction of sp³-hybridized carbons (Fsp3) is 0.286. The molecule has 0 saturated carbocycles. The summed E-state index contributed by atoms with van der Waals surface area (Å²) in [6.45, 7) is 2.77. The molecule has 4 nitrogen and oxygen atoms in total. The van der Waals surface area contributed by atoms with E-state index in [2.05, 4.69) is 10.3 Å². The summed E-state index contributed by atoms with van der Waals surface area (Å²) in [6.07, 6.45) is 1.63. The van der Waals surface area contributed by atoms with E-state index in [4.69, 9.17) is 11.5 Å². The molecule has 60 valence electrons. The first kappa shape index (κ1) is 7.65. The molecule has 0 unspecified atom stereocenters. The van der Waals surface area contributed by atoms with Crippen LogP contribution in [0.3, 0.4) is 0 Å². The number of nitrogens with zero attached hydrogens (tertiary/aromatic N) is 1. The van der Waals surface area contributed by atoms with Gasteiger partial charge in [0.15, 0.2) is 5.82 Å². The lowest BCUT2D eigenvalue weighted by molar-refractivity contribution is 1.16. The van der Waals surface area contributed by atoms with Crippen molar-refractivity contribution in [1.82, 2.24) is 4.98 Å². The van der Waals surface area contributed by atoms with Gasteiger partial charge in [-0.1, -0.05) is 0 Å². The van der Waals surface area contributed by atoms with E-state index in [1.54, 1.807) is 12.3 Å². The largest absolute Gasteiger partial charge is 0.397 e. The Balaban J connectivity index is 2.96. The van der Waals surface area contributed by atoms with Gasteiger partial charge in [0.1, 0.15) is 0 Å². The minimum atomic E-state index is 0.523. The van der Waals surface area contributed by atoms with Gasteiger partial charge < -0.3 is 16.8 Å². The molecule has 11 heavy (non-hydrogen) atoms. The fourth-order valence-corrected chi connectivity index (χ4v) is 0.796. The Morgan fingerprint density at radius 3 is 2.91 bits per heavy atom. The number of pyridine rings is 1. The first-order valence-corrected chi connectivity index (χ1v) is 3.49. The third-order valence-corrected chi connectivity index (χ3v) is 1.37. The van der Waals surface area contributed by atoms with Crippen LogP contribution in [0.4, 0.5) is 17.2 Å². The van der Waals surface area contributed by atoms with E-state index in [1.807, 2.05) is 6.92 Å². The van der Waals surface area contributed by atoms with Crippen LogP contribution in [-0.4, -0.2) is 11.5 Å². The summed E-state index contributed by atoms with van der Waals surface area (Å²) in [7, 11) is 0. The van der Waals surface area contributed by atoms with Crippen molar-refractivity contribution in [3.8, 4) is 0 Å². The van der Waals surface area contributed by atoms with E-state index < -0.39 is 0 Å². The van der Waals surface area contributed by atoms with Gasteiger partial charge in [-0.05, 0) is 13.0 Å². The second kappa shape index (κ2) is 3.09. The molecule has 0 aliphatic heterocycles. The minimum Gasteiger partial charge on any atom is -0.397 e. The number of nitrogen functional groups attached to an aromatic ring is 2. The number of anilines is 3. The summed E-state index contributed by atoms with van der Waals surface area (Å²) < 4.78 is 0. The molecule has 1 aromatic heterocycles. The van der Waals surface area contributed by atoms with E-state index in [-0.39, 0.29) is 0 Å². The van der Waals surface area contributed by atoms with Gasteiger partial charge in [0.25, 0.3) is 0 Å². The molecule has 0 amide bonds. The fourth-order valence-electron chi connectivity index (χ4n) is 0.796. The van der Waals surface area contributed by atoms with Crippen LogP contribution < -0.4 is 16.8 Å². The highest BCUT2D eigenvalue weighted by molar-refractivity contribution is 5.75. The lowest BCUT2D eigenvalue weighted by Gasteiger charge is -2.06. The maximum absolute atomic E-state index is 5.62. The molecule has 1 aromatic rings. The number of nitrogens with one attached hydrogen (secondary N) is 1. The third kappa shape index (κ3) is 1.52. The zero-order chi connectivity index (χ0) is 8.27. The van der Waals surface area contributed by atoms with Crippen LogP contribution in [0.2, 0.25) is 0 Å². The van der Waals surface area contributed by atoms with Gasteiger partial charge in [-0.25, -0.2) is 4.98 Å². The van der Waals surface area contributed by atoms with E-state index in [0.29, 0.717) is 17.2 Å². The van der Waals surface area contributed by atoms with Crippen molar-refractivity contribution in [2.75, 3.05) is 23.3 Å². The normalized spacial score (nSPS) is 9.55. The van der Waals surface area contributed by atoms with Gasteiger partial charge >= 0.3 is 0 Å². The van der Waals surface area contributed by atoms with Crippen molar-refractivity contribution in [1.29, 1.82) is 0 Å². The molecule has 0 fully saturated rings. The molecule has 5 N–H and O–H groups in total. The lowest BCUT2D eigenvalue weighted by Crippen LogP contribution is -2.05. The smallest absolute Gasteiger partial charge is 0.151 e. The van der Waals surface area contributed by atoms with E-state index in [0.717, 1.165) is 6.54 Å². The molecule has 0 spiro atoms. The van der Waals surface area contributed by atoms with Crippen molar-refractivity contribution >= 4 is 17.2 Å². The Morgan fingerprint density at radius 1 is 1.55 bits per heavy atom. The van der Waals surface area contributed by atoms with Crippen LogP contribution in [0.15, 0.2) is 12.3 Å². The van der Waals surface area contributed by atoms with Crippen molar-refractivity contribution in [2.45, 2.75) is 6.92 Å². The summed E-state index contributed by atoms with van der Waals surface area (Å²) in [4.78, 5) is 4.01. The molecular formula is C7H12N4. The molecule has 1 heterocycles. The summed E-state index contributed by atoms with van der Waals surface area (Å²) in [5.41, 5.74) is 12.3. The van der Waals surface area contributed by atoms with Gasteiger partial charge in [0, 0.05) is 12.7 Å². The summed E-state index contributed by atoms with van der Waals surface area (Å²) in [5, 5.41) is 3.00. The molecule has 0 bridgehead atoms. The molecule has 0 aliphatic carbocycles. The first-order valence-electron chi connectivity index (χ1n) is 3.49. The highest BCUT2D eigenvalue weighted by Gasteiger charge is 2.00.